The zero-order chi connectivity index (χ0) is 34.4. The second kappa shape index (κ2) is 22.6. The number of azide groups is 1. The minimum absolute atomic E-state index is 0.0106. The number of benzene rings is 1. The van der Waals surface area contributed by atoms with Crippen LogP contribution < -0.4 is 10.6 Å². The van der Waals surface area contributed by atoms with E-state index in [1.54, 1.807) is 0 Å². The van der Waals surface area contributed by atoms with Gasteiger partial charge in [-0.25, -0.2) is 0 Å². The second-order valence-corrected chi connectivity index (χ2v) is 10.7. The molecule has 1 unspecified atom stereocenters. The Morgan fingerprint density at radius 2 is 1.40 bits per heavy atom. The van der Waals surface area contributed by atoms with Crippen molar-refractivity contribution in [1.82, 2.24) is 10.2 Å². The highest BCUT2D eigenvalue weighted by Gasteiger charge is 2.45. The first-order chi connectivity index (χ1) is 23.4. The number of fused-ring (bicyclic) bond motifs is 1. The fourth-order valence-corrected chi connectivity index (χ4v) is 4.85. The van der Waals surface area contributed by atoms with Gasteiger partial charge in [0, 0.05) is 24.5 Å². The number of unbranched alkanes of at least 4 members (excludes halogenated alkanes) is 3. The molecule has 264 valence electrons. The third-order valence-electron chi connectivity index (χ3n) is 7.20. The molecule has 48 heavy (non-hydrogen) atoms. The van der Waals surface area contributed by atoms with E-state index in [1.807, 2.05) is 0 Å². The lowest BCUT2D eigenvalue weighted by Crippen LogP contribution is -2.54. The first-order valence-electron chi connectivity index (χ1n) is 16.1. The van der Waals surface area contributed by atoms with Crippen LogP contribution in [-0.2, 0) is 42.8 Å². The van der Waals surface area contributed by atoms with Crippen molar-refractivity contribution in [2.75, 3.05) is 91.1 Å². The summed E-state index contributed by atoms with van der Waals surface area (Å²) in [5, 5.41) is 8.24. The smallest absolute Gasteiger partial charge is 0.264 e. The van der Waals surface area contributed by atoms with Crippen LogP contribution in [0.15, 0.2) is 23.3 Å². The van der Waals surface area contributed by atoms with E-state index in [-0.39, 0.29) is 49.5 Å². The van der Waals surface area contributed by atoms with Gasteiger partial charge in [-0.05, 0) is 36.9 Å². The van der Waals surface area contributed by atoms with Crippen LogP contribution in [0.4, 0.5) is 5.69 Å². The van der Waals surface area contributed by atoms with E-state index in [0.717, 1.165) is 30.6 Å². The summed E-state index contributed by atoms with van der Waals surface area (Å²) in [4.78, 5) is 65.8. The average molecular weight is 677 g/mol. The molecule has 0 bridgehead atoms. The molecule has 1 atom stereocenters. The van der Waals surface area contributed by atoms with Crippen LogP contribution in [-0.4, -0.2) is 126 Å². The number of piperidine rings is 1. The normalized spacial score (nSPS) is 15.8. The van der Waals surface area contributed by atoms with Crippen molar-refractivity contribution in [3.63, 3.8) is 0 Å². The van der Waals surface area contributed by atoms with Crippen molar-refractivity contribution in [1.29, 1.82) is 0 Å². The third kappa shape index (κ3) is 13.3. The molecule has 2 N–H and O–H groups in total. The van der Waals surface area contributed by atoms with Gasteiger partial charge < -0.3 is 33.7 Å². The summed E-state index contributed by atoms with van der Waals surface area (Å²) in [6.07, 6.45) is 4.00. The highest BCUT2D eigenvalue weighted by molar-refractivity contribution is 6.26. The molecule has 1 aromatic carbocycles. The summed E-state index contributed by atoms with van der Waals surface area (Å²) in [7, 11) is 0. The van der Waals surface area contributed by atoms with Crippen LogP contribution in [0.1, 0.15) is 59.2 Å². The first kappa shape index (κ1) is 38.5. The Hall–Kier alpha value is -3.96. The molecule has 0 aromatic heterocycles. The molecule has 0 radical (unpaired) electrons. The average Bonchev–Trinajstić information content (AvgIpc) is 3.32. The summed E-state index contributed by atoms with van der Waals surface area (Å²) >= 11 is 0. The molecule has 1 fully saturated rings. The zero-order valence-corrected chi connectivity index (χ0v) is 27.0. The van der Waals surface area contributed by atoms with Gasteiger partial charge in [-0.3, -0.25) is 34.2 Å². The zero-order valence-electron chi connectivity index (χ0n) is 27.0. The number of hydrogen-bond donors (Lipinski definition) is 2. The molecule has 0 aliphatic carbocycles. The molecule has 17 nitrogen and oxygen atoms in total. The van der Waals surface area contributed by atoms with E-state index in [4.69, 9.17) is 34.0 Å². The number of carbonyl (C=O) groups is 5. The molecule has 2 aliphatic heterocycles. The molecule has 1 aromatic rings. The number of nitrogens with one attached hydrogen (secondary N) is 2. The lowest BCUT2D eigenvalue weighted by atomic mass is 10.0. The van der Waals surface area contributed by atoms with E-state index >= 15 is 0 Å². The topological polar surface area (TPSA) is 217 Å². The van der Waals surface area contributed by atoms with E-state index < -0.39 is 35.6 Å². The van der Waals surface area contributed by atoms with Gasteiger partial charge in [0.25, 0.3) is 11.8 Å². The van der Waals surface area contributed by atoms with Crippen LogP contribution >= 0.6 is 0 Å². The van der Waals surface area contributed by atoms with Gasteiger partial charge in [-0.15, -0.1) is 0 Å². The van der Waals surface area contributed by atoms with Crippen molar-refractivity contribution < 1.29 is 52.4 Å². The van der Waals surface area contributed by atoms with Crippen molar-refractivity contribution in [2.24, 2.45) is 5.11 Å². The maximum atomic E-state index is 13.1. The molecule has 2 heterocycles. The second-order valence-electron chi connectivity index (χ2n) is 10.7. The van der Waals surface area contributed by atoms with Gasteiger partial charge in [0.2, 0.25) is 17.7 Å². The number of ether oxygens (including phenoxy) is 6. The Balaban J connectivity index is 1.13. The Labute approximate surface area is 278 Å². The molecule has 17 heteroatoms. The van der Waals surface area contributed by atoms with Crippen molar-refractivity contribution in [3.05, 3.63) is 39.8 Å². The van der Waals surface area contributed by atoms with Crippen LogP contribution in [0, 0.1) is 0 Å². The van der Waals surface area contributed by atoms with Crippen LogP contribution in [0.3, 0.4) is 0 Å². The third-order valence-corrected chi connectivity index (χ3v) is 7.20. The predicted octanol–water partition coefficient (Wildman–Crippen LogP) is 2.00. The summed E-state index contributed by atoms with van der Waals surface area (Å²) in [6, 6.07) is 3.35. The summed E-state index contributed by atoms with van der Waals surface area (Å²) in [5.74, 6) is -3.08. The van der Waals surface area contributed by atoms with Crippen LogP contribution in [0.25, 0.3) is 10.4 Å². The maximum Gasteiger partial charge on any atom is 0.264 e. The minimum atomic E-state index is -1.10. The Morgan fingerprint density at radius 1 is 0.812 bits per heavy atom. The Bertz CT molecular complexity index is 1270. The minimum Gasteiger partial charge on any atom is -0.379 e. The maximum absolute atomic E-state index is 13.1. The summed E-state index contributed by atoms with van der Waals surface area (Å²) in [6.45, 7) is 4.83. The predicted molar refractivity (Wildman–Crippen MR) is 169 cm³/mol. The fourth-order valence-electron chi connectivity index (χ4n) is 4.85. The molecule has 0 spiro atoms. The van der Waals surface area contributed by atoms with Crippen LogP contribution in [0.2, 0.25) is 0 Å². The van der Waals surface area contributed by atoms with Gasteiger partial charge >= 0.3 is 0 Å². The molecule has 0 saturated carbocycles. The van der Waals surface area contributed by atoms with E-state index in [0.29, 0.717) is 66.0 Å². The standard InChI is InChI=1S/C31H44N6O11/c32-36-33-10-3-1-2-4-11-43-12-13-44-14-15-45-16-17-46-18-19-47-20-21-48-22-27(39)34-24-7-5-6-23-28(24)31(42)37(30(23)41)25-8-9-26(38)35-29(25)40/h5-7,25H,1-4,8-22H2,(H,34,39)(H,35,38,40). The highest BCUT2D eigenvalue weighted by atomic mass is 16.6. The number of carbonyl (C=O) groups excluding carboxylic acids is 5. The number of rotatable bonds is 26. The number of amides is 5. The number of hydrogen-bond acceptors (Lipinski definition) is 12. The summed E-state index contributed by atoms with van der Waals surface area (Å²) < 4.78 is 32.6. The lowest BCUT2D eigenvalue weighted by molar-refractivity contribution is -0.136. The van der Waals surface area contributed by atoms with Gasteiger partial charge in [0.05, 0.1) is 82.9 Å². The highest BCUT2D eigenvalue weighted by Crippen LogP contribution is 2.32. The number of imide groups is 2. The SMILES string of the molecule is [N-]=[N+]=NCCCCCCOCCOCCOCCOCCOCCOCC(=O)Nc1cccc2c1C(=O)N(C1CCC(=O)NC1=O)C2=O. The molecule has 1 saturated heterocycles. The fraction of sp³-hybridized carbons (Fsp3) is 0.645. The van der Waals surface area contributed by atoms with Gasteiger partial charge in [0.1, 0.15) is 12.6 Å². The van der Waals surface area contributed by atoms with Gasteiger partial charge in [-0.1, -0.05) is 24.0 Å². The van der Waals surface area contributed by atoms with E-state index in [2.05, 4.69) is 20.7 Å². The molecular formula is C31H44N6O11. The summed E-state index contributed by atoms with van der Waals surface area (Å²) in [5.41, 5.74) is 8.39. The Kier molecular flexibility index (Phi) is 18.1. The lowest BCUT2D eigenvalue weighted by Gasteiger charge is -2.27. The molecule has 2 aliphatic rings. The van der Waals surface area contributed by atoms with E-state index in [1.165, 1.54) is 18.2 Å². The van der Waals surface area contributed by atoms with Crippen molar-refractivity contribution >= 4 is 35.2 Å². The quantitative estimate of drug-likeness (QED) is 0.0475. The van der Waals surface area contributed by atoms with Gasteiger partial charge in [-0.2, -0.15) is 0 Å². The molecule has 3 rings (SSSR count). The van der Waals surface area contributed by atoms with Crippen molar-refractivity contribution in [2.45, 2.75) is 44.6 Å². The molecule has 5 amide bonds. The largest absolute Gasteiger partial charge is 0.379 e. The van der Waals surface area contributed by atoms with Crippen LogP contribution in [0.5, 0.6) is 0 Å². The first-order valence-corrected chi connectivity index (χ1v) is 16.1. The number of nitrogens with zero attached hydrogens (tertiary/aromatic N) is 4. The number of anilines is 1. The monoisotopic (exact) mass is 676 g/mol. The van der Waals surface area contributed by atoms with Gasteiger partial charge in [0.15, 0.2) is 0 Å². The van der Waals surface area contributed by atoms with E-state index in [9.17, 15) is 24.0 Å². The Morgan fingerprint density at radius 3 is 2.00 bits per heavy atom. The van der Waals surface area contributed by atoms with Crippen molar-refractivity contribution in [3.8, 4) is 0 Å². The molecular weight excluding hydrogens is 632 g/mol.